The minimum atomic E-state index is 0.608. The highest BCUT2D eigenvalue weighted by atomic mass is 32.1. The Morgan fingerprint density at radius 3 is 3.10 bits per heavy atom. The Bertz CT molecular complexity index is 199. The van der Waals surface area contributed by atoms with Gasteiger partial charge in [-0.05, 0) is 0 Å². The third-order valence-corrected chi connectivity index (χ3v) is 2.02. The SMILES string of the molecule is COCCc1nc(N)cs1. The van der Waals surface area contributed by atoms with Crippen molar-refractivity contribution in [2.45, 2.75) is 6.42 Å². The molecule has 3 nitrogen and oxygen atoms in total. The molecular weight excluding hydrogens is 148 g/mol. The first-order valence-electron chi connectivity index (χ1n) is 3.01. The smallest absolute Gasteiger partial charge is 0.134 e. The second-order valence-electron chi connectivity index (χ2n) is 1.91. The standard InChI is InChI=1S/C6H10N2OS/c1-9-3-2-6-8-5(7)4-10-6/h4H,2-3,7H2,1H3. The summed E-state index contributed by atoms with van der Waals surface area (Å²) in [7, 11) is 1.68. The summed E-state index contributed by atoms with van der Waals surface area (Å²) < 4.78 is 4.88. The molecule has 0 aliphatic rings. The third kappa shape index (κ3) is 1.97. The largest absolute Gasteiger partial charge is 0.384 e. The molecule has 4 heteroatoms. The summed E-state index contributed by atoms with van der Waals surface area (Å²) >= 11 is 1.57. The second kappa shape index (κ2) is 3.53. The van der Waals surface area contributed by atoms with Gasteiger partial charge in [0.1, 0.15) is 5.82 Å². The molecule has 0 fully saturated rings. The Labute approximate surface area is 63.8 Å². The van der Waals surface area contributed by atoms with E-state index < -0.39 is 0 Å². The molecule has 1 heterocycles. The molecule has 0 saturated carbocycles. The lowest BCUT2D eigenvalue weighted by atomic mass is 10.5. The predicted molar refractivity (Wildman–Crippen MR) is 42.1 cm³/mol. The van der Waals surface area contributed by atoms with Crippen LogP contribution >= 0.6 is 11.3 Å². The highest BCUT2D eigenvalue weighted by Gasteiger charge is 1.96. The minimum absolute atomic E-state index is 0.608. The molecule has 1 aromatic rings. The molecule has 10 heavy (non-hydrogen) atoms. The lowest BCUT2D eigenvalue weighted by Crippen LogP contribution is -1.93. The van der Waals surface area contributed by atoms with E-state index in [1.165, 1.54) is 0 Å². The summed E-state index contributed by atoms with van der Waals surface area (Å²) in [4.78, 5) is 4.06. The van der Waals surface area contributed by atoms with Gasteiger partial charge < -0.3 is 10.5 Å². The van der Waals surface area contributed by atoms with Crippen LogP contribution in [0.5, 0.6) is 0 Å². The third-order valence-electron chi connectivity index (χ3n) is 1.09. The van der Waals surface area contributed by atoms with Gasteiger partial charge in [-0.15, -0.1) is 11.3 Å². The number of nitrogens with two attached hydrogens (primary N) is 1. The number of hydrogen-bond donors (Lipinski definition) is 1. The maximum Gasteiger partial charge on any atom is 0.134 e. The van der Waals surface area contributed by atoms with Crippen molar-refractivity contribution in [2.24, 2.45) is 0 Å². The molecule has 1 rings (SSSR count). The van der Waals surface area contributed by atoms with Crippen molar-refractivity contribution >= 4 is 17.2 Å². The monoisotopic (exact) mass is 158 g/mol. The van der Waals surface area contributed by atoms with Crippen molar-refractivity contribution in [1.29, 1.82) is 0 Å². The Hall–Kier alpha value is -0.610. The maximum absolute atomic E-state index is 5.41. The lowest BCUT2D eigenvalue weighted by molar-refractivity contribution is 0.202. The van der Waals surface area contributed by atoms with E-state index in [1.54, 1.807) is 18.4 Å². The zero-order valence-electron chi connectivity index (χ0n) is 5.83. The Morgan fingerprint density at radius 1 is 1.80 bits per heavy atom. The Morgan fingerprint density at radius 2 is 2.60 bits per heavy atom. The molecule has 1 aromatic heterocycles. The van der Waals surface area contributed by atoms with Gasteiger partial charge in [0.2, 0.25) is 0 Å². The van der Waals surface area contributed by atoms with Gasteiger partial charge in [0, 0.05) is 18.9 Å². The number of thiazole rings is 1. The van der Waals surface area contributed by atoms with Crippen molar-refractivity contribution in [2.75, 3.05) is 19.5 Å². The van der Waals surface area contributed by atoms with Gasteiger partial charge in [0.15, 0.2) is 0 Å². The molecule has 0 aromatic carbocycles. The number of hydrogen-bond acceptors (Lipinski definition) is 4. The lowest BCUT2D eigenvalue weighted by Gasteiger charge is -1.91. The Kier molecular flexibility index (Phi) is 2.65. The van der Waals surface area contributed by atoms with Crippen LogP contribution in [0.1, 0.15) is 5.01 Å². The molecule has 0 spiro atoms. The normalized spacial score (nSPS) is 10.1. The van der Waals surface area contributed by atoms with Gasteiger partial charge in [0.25, 0.3) is 0 Å². The first-order valence-corrected chi connectivity index (χ1v) is 3.89. The molecular formula is C6H10N2OS. The van der Waals surface area contributed by atoms with Gasteiger partial charge in [-0.2, -0.15) is 0 Å². The van der Waals surface area contributed by atoms with E-state index in [4.69, 9.17) is 10.5 Å². The van der Waals surface area contributed by atoms with E-state index in [-0.39, 0.29) is 0 Å². The molecule has 56 valence electrons. The van der Waals surface area contributed by atoms with Gasteiger partial charge in [-0.3, -0.25) is 0 Å². The Balaban J connectivity index is 2.42. The predicted octanol–water partition coefficient (Wildman–Crippen LogP) is 0.914. The van der Waals surface area contributed by atoms with E-state index >= 15 is 0 Å². The van der Waals surface area contributed by atoms with Crippen LogP contribution < -0.4 is 5.73 Å². The zero-order valence-corrected chi connectivity index (χ0v) is 6.65. The number of nitrogens with zero attached hydrogens (tertiary/aromatic N) is 1. The van der Waals surface area contributed by atoms with E-state index in [9.17, 15) is 0 Å². The first kappa shape index (κ1) is 7.50. The van der Waals surface area contributed by atoms with E-state index in [2.05, 4.69) is 4.98 Å². The van der Waals surface area contributed by atoms with Crippen LogP contribution in [0, 0.1) is 0 Å². The molecule has 0 bridgehead atoms. The number of rotatable bonds is 3. The molecule has 0 amide bonds. The number of ether oxygens (including phenoxy) is 1. The maximum atomic E-state index is 5.41. The molecule has 0 radical (unpaired) electrons. The second-order valence-corrected chi connectivity index (χ2v) is 2.85. The topological polar surface area (TPSA) is 48.1 Å². The quantitative estimate of drug-likeness (QED) is 0.711. The highest BCUT2D eigenvalue weighted by Crippen LogP contribution is 2.10. The molecule has 0 aliphatic heterocycles. The molecule has 0 unspecified atom stereocenters. The van der Waals surface area contributed by atoms with Crippen molar-refractivity contribution in [3.63, 3.8) is 0 Å². The number of anilines is 1. The first-order chi connectivity index (χ1) is 4.83. The van der Waals surface area contributed by atoms with E-state index in [0.717, 1.165) is 11.4 Å². The van der Waals surface area contributed by atoms with Crippen LogP contribution in [-0.4, -0.2) is 18.7 Å². The van der Waals surface area contributed by atoms with Crippen molar-refractivity contribution in [3.05, 3.63) is 10.4 Å². The molecule has 0 saturated heterocycles. The average Bonchev–Trinajstić information content (AvgIpc) is 2.31. The summed E-state index contributed by atoms with van der Waals surface area (Å²) in [5.74, 6) is 0.608. The van der Waals surface area contributed by atoms with Crippen LogP contribution in [0.25, 0.3) is 0 Å². The van der Waals surface area contributed by atoms with E-state index in [1.807, 2.05) is 5.38 Å². The fourth-order valence-electron chi connectivity index (χ4n) is 0.629. The fourth-order valence-corrected chi connectivity index (χ4v) is 1.30. The minimum Gasteiger partial charge on any atom is -0.384 e. The van der Waals surface area contributed by atoms with Gasteiger partial charge in [0.05, 0.1) is 11.6 Å². The van der Waals surface area contributed by atoms with Gasteiger partial charge >= 0.3 is 0 Å². The van der Waals surface area contributed by atoms with Crippen LogP contribution in [0.2, 0.25) is 0 Å². The van der Waals surface area contributed by atoms with Crippen LogP contribution in [0.4, 0.5) is 5.82 Å². The fraction of sp³-hybridized carbons (Fsp3) is 0.500. The van der Waals surface area contributed by atoms with Gasteiger partial charge in [-0.25, -0.2) is 4.98 Å². The summed E-state index contributed by atoms with van der Waals surface area (Å²) in [5, 5.41) is 2.88. The highest BCUT2D eigenvalue weighted by molar-refractivity contribution is 7.10. The van der Waals surface area contributed by atoms with Crippen LogP contribution in [0.15, 0.2) is 5.38 Å². The molecule has 2 N–H and O–H groups in total. The number of nitrogen functional groups attached to an aromatic ring is 1. The summed E-state index contributed by atoms with van der Waals surface area (Å²) in [6, 6.07) is 0. The summed E-state index contributed by atoms with van der Waals surface area (Å²) in [6.45, 7) is 0.715. The van der Waals surface area contributed by atoms with Crippen LogP contribution in [-0.2, 0) is 11.2 Å². The van der Waals surface area contributed by atoms with Crippen molar-refractivity contribution in [1.82, 2.24) is 4.98 Å². The number of methoxy groups -OCH3 is 1. The molecule has 0 aliphatic carbocycles. The zero-order chi connectivity index (χ0) is 7.40. The van der Waals surface area contributed by atoms with Crippen molar-refractivity contribution in [3.8, 4) is 0 Å². The molecule has 0 atom stereocenters. The summed E-state index contributed by atoms with van der Waals surface area (Å²) in [5.41, 5.74) is 5.41. The van der Waals surface area contributed by atoms with E-state index in [0.29, 0.717) is 12.4 Å². The summed E-state index contributed by atoms with van der Waals surface area (Å²) in [6.07, 6.45) is 0.859. The van der Waals surface area contributed by atoms with Crippen molar-refractivity contribution < 1.29 is 4.74 Å². The van der Waals surface area contributed by atoms with Crippen LogP contribution in [0.3, 0.4) is 0 Å². The van der Waals surface area contributed by atoms with Gasteiger partial charge in [-0.1, -0.05) is 0 Å². The number of aromatic nitrogens is 1. The average molecular weight is 158 g/mol.